The summed E-state index contributed by atoms with van der Waals surface area (Å²) in [6, 6.07) is 15.2. The lowest BCUT2D eigenvalue weighted by atomic mass is 9.95. The van der Waals surface area contributed by atoms with Crippen LogP contribution in [0, 0.1) is 0 Å². The largest absolute Gasteiger partial charge is 0.507 e. The summed E-state index contributed by atoms with van der Waals surface area (Å²) < 4.78 is 0. The van der Waals surface area contributed by atoms with Crippen LogP contribution in [0.3, 0.4) is 0 Å². The van der Waals surface area contributed by atoms with Crippen LogP contribution in [0.5, 0.6) is 5.75 Å². The average Bonchev–Trinajstić information content (AvgIpc) is 3.18. The number of para-hydroxylation sites is 1. The quantitative estimate of drug-likeness (QED) is 0.425. The van der Waals surface area contributed by atoms with E-state index in [1.807, 2.05) is 42.5 Å². The Kier molecular flexibility index (Phi) is 6.90. The first-order chi connectivity index (χ1) is 15.6. The summed E-state index contributed by atoms with van der Waals surface area (Å²) in [7, 11) is 0. The van der Waals surface area contributed by atoms with Crippen LogP contribution in [0.15, 0.2) is 53.5 Å². The molecule has 1 amide bonds. The Hall–Kier alpha value is -3.12. The van der Waals surface area contributed by atoms with E-state index < -0.39 is 0 Å². The molecule has 1 aromatic heterocycles. The number of aryl methyl sites for hydroxylation is 1. The molecule has 4 rings (SSSR count). The maximum Gasteiger partial charge on any atom is 0.259 e. The molecular weight excluding hydrogens is 418 g/mol. The molecule has 0 radical (unpaired) electrons. The minimum absolute atomic E-state index is 0.121. The number of nitrogens with one attached hydrogen (secondary N) is 1. The van der Waals surface area contributed by atoms with Gasteiger partial charge in [-0.3, -0.25) is 4.79 Å². The highest BCUT2D eigenvalue weighted by molar-refractivity contribution is 7.16. The molecular formula is C26H29N3O2S. The van der Waals surface area contributed by atoms with Crippen molar-refractivity contribution in [1.82, 2.24) is 0 Å². The predicted molar refractivity (Wildman–Crippen MR) is 134 cm³/mol. The van der Waals surface area contributed by atoms with Crippen molar-refractivity contribution in [2.45, 2.75) is 39.5 Å². The van der Waals surface area contributed by atoms with Gasteiger partial charge in [0.15, 0.2) is 0 Å². The zero-order valence-corrected chi connectivity index (χ0v) is 19.4. The van der Waals surface area contributed by atoms with E-state index in [4.69, 9.17) is 0 Å². The fraction of sp³-hybridized carbons (Fsp3) is 0.308. The summed E-state index contributed by atoms with van der Waals surface area (Å²) >= 11 is 1.59. The maximum atomic E-state index is 13.2. The van der Waals surface area contributed by atoms with Crippen molar-refractivity contribution in [1.29, 1.82) is 0 Å². The van der Waals surface area contributed by atoms with Gasteiger partial charge < -0.3 is 15.3 Å². The fourth-order valence-corrected chi connectivity index (χ4v) is 5.38. The molecule has 1 aliphatic carbocycles. The molecule has 0 saturated heterocycles. The molecule has 2 N–H and O–H groups in total. The Morgan fingerprint density at radius 1 is 1.12 bits per heavy atom. The second-order valence-corrected chi connectivity index (χ2v) is 8.97. The number of phenols is 1. The molecule has 1 heterocycles. The van der Waals surface area contributed by atoms with Crippen molar-refractivity contribution in [2.75, 3.05) is 23.3 Å². The third-order valence-corrected chi connectivity index (χ3v) is 7.07. The number of nitrogens with zero attached hydrogens (tertiary/aromatic N) is 2. The van der Waals surface area contributed by atoms with Gasteiger partial charge in [0.2, 0.25) is 0 Å². The van der Waals surface area contributed by atoms with E-state index in [2.05, 4.69) is 29.1 Å². The van der Waals surface area contributed by atoms with Crippen LogP contribution >= 0.6 is 11.3 Å². The first kappa shape index (κ1) is 22.1. The van der Waals surface area contributed by atoms with Gasteiger partial charge in [-0.25, -0.2) is 4.99 Å². The molecule has 0 saturated carbocycles. The van der Waals surface area contributed by atoms with Crippen LogP contribution in [-0.2, 0) is 12.8 Å². The van der Waals surface area contributed by atoms with Gasteiger partial charge in [0.05, 0.1) is 5.56 Å². The highest BCUT2D eigenvalue weighted by atomic mass is 32.1. The molecule has 0 fully saturated rings. The van der Waals surface area contributed by atoms with E-state index in [1.54, 1.807) is 23.6 Å². The van der Waals surface area contributed by atoms with E-state index >= 15 is 0 Å². The molecule has 32 heavy (non-hydrogen) atoms. The normalized spacial score (nSPS) is 13.2. The Balaban J connectivity index is 1.64. The summed E-state index contributed by atoms with van der Waals surface area (Å²) in [5.41, 5.74) is 4.20. The number of thiophene rings is 1. The number of aliphatic imine (C=N–C) groups is 1. The van der Waals surface area contributed by atoms with Crippen LogP contribution in [-0.4, -0.2) is 30.3 Å². The second kappa shape index (κ2) is 10.0. The van der Waals surface area contributed by atoms with Gasteiger partial charge in [0.25, 0.3) is 5.91 Å². The first-order valence-corrected chi connectivity index (χ1v) is 12.0. The number of phenolic OH excluding ortho intramolecular Hbond substituents is 1. The van der Waals surface area contributed by atoms with Gasteiger partial charge in [0, 0.05) is 47.2 Å². The Morgan fingerprint density at radius 3 is 2.59 bits per heavy atom. The molecule has 2 aromatic carbocycles. The number of rotatable bonds is 7. The van der Waals surface area contributed by atoms with Crippen LogP contribution in [0.1, 0.15) is 53.1 Å². The van der Waals surface area contributed by atoms with Crippen molar-refractivity contribution in [3.8, 4) is 5.75 Å². The van der Waals surface area contributed by atoms with Crippen LogP contribution in [0.4, 0.5) is 16.4 Å². The van der Waals surface area contributed by atoms with Crippen molar-refractivity contribution in [3.63, 3.8) is 0 Å². The van der Waals surface area contributed by atoms with Gasteiger partial charge in [0.1, 0.15) is 10.8 Å². The minimum Gasteiger partial charge on any atom is -0.507 e. The molecule has 0 aliphatic heterocycles. The molecule has 1 aliphatic rings. The third kappa shape index (κ3) is 4.70. The van der Waals surface area contributed by atoms with Gasteiger partial charge in [-0.2, -0.15) is 0 Å². The monoisotopic (exact) mass is 447 g/mol. The lowest BCUT2D eigenvalue weighted by molar-refractivity contribution is 0.102. The number of carbonyl (C=O) groups is 1. The lowest BCUT2D eigenvalue weighted by Gasteiger charge is -2.21. The molecule has 0 spiro atoms. The summed E-state index contributed by atoms with van der Waals surface area (Å²) in [5.74, 6) is 0.0682. The smallest absolute Gasteiger partial charge is 0.259 e. The van der Waals surface area contributed by atoms with E-state index in [1.165, 1.54) is 4.88 Å². The highest BCUT2D eigenvalue weighted by Crippen LogP contribution is 2.40. The van der Waals surface area contributed by atoms with E-state index in [0.29, 0.717) is 16.1 Å². The zero-order valence-electron chi connectivity index (χ0n) is 18.6. The fourth-order valence-electron chi connectivity index (χ4n) is 4.15. The summed E-state index contributed by atoms with van der Waals surface area (Å²) in [6.07, 6.45) is 5.79. The third-order valence-electron chi connectivity index (χ3n) is 5.87. The summed E-state index contributed by atoms with van der Waals surface area (Å²) in [6.45, 7) is 5.95. The summed E-state index contributed by atoms with van der Waals surface area (Å²) in [5, 5.41) is 14.3. The molecule has 166 valence electrons. The topological polar surface area (TPSA) is 64.9 Å². The van der Waals surface area contributed by atoms with Crippen molar-refractivity contribution in [3.05, 3.63) is 70.1 Å². The Labute approximate surface area is 193 Å². The SMILES string of the molecule is CCN(CC)c1ccc(C=Nc2sc3c(c2C(=O)Nc2ccccc2)CCCC3)c(O)c1. The van der Waals surface area contributed by atoms with Crippen LogP contribution in [0.2, 0.25) is 0 Å². The standard InChI is InChI=1S/C26H29N3O2S/c1-3-29(4-2)20-15-14-18(22(30)16-20)17-27-26-24(21-12-8-9-13-23(21)32-26)25(31)28-19-10-6-5-7-11-19/h5-7,10-11,14-17,30H,3-4,8-9,12-13H2,1-2H3,(H,28,31). The zero-order chi connectivity index (χ0) is 22.5. The number of benzene rings is 2. The van der Waals surface area contributed by atoms with Crippen molar-refractivity contribution >= 4 is 39.8 Å². The van der Waals surface area contributed by atoms with Gasteiger partial charge in [-0.1, -0.05) is 18.2 Å². The van der Waals surface area contributed by atoms with Gasteiger partial charge in [-0.15, -0.1) is 11.3 Å². The van der Waals surface area contributed by atoms with Gasteiger partial charge >= 0.3 is 0 Å². The number of aromatic hydroxyl groups is 1. The summed E-state index contributed by atoms with van der Waals surface area (Å²) in [4.78, 5) is 21.3. The lowest BCUT2D eigenvalue weighted by Crippen LogP contribution is -2.21. The molecule has 5 nitrogen and oxygen atoms in total. The van der Waals surface area contributed by atoms with Crippen LogP contribution < -0.4 is 10.2 Å². The van der Waals surface area contributed by atoms with E-state index in [-0.39, 0.29) is 11.7 Å². The second-order valence-electron chi connectivity index (χ2n) is 7.88. The minimum atomic E-state index is -0.121. The van der Waals surface area contributed by atoms with Crippen LogP contribution in [0.25, 0.3) is 0 Å². The maximum absolute atomic E-state index is 13.2. The number of anilines is 2. The number of fused-ring (bicyclic) bond motifs is 1. The van der Waals surface area contributed by atoms with Crippen molar-refractivity contribution in [2.24, 2.45) is 4.99 Å². The number of amides is 1. The Bertz CT molecular complexity index is 1120. The van der Waals surface area contributed by atoms with E-state index in [0.717, 1.165) is 55.7 Å². The first-order valence-electron chi connectivity index (χ1n) is 11.2. The highest BCUT2D eigenvalue weighted by Gasteiger charge is 2.25. The number of hydrogen-bond acceptors (Lipinski definition) is 5. The number of carbonyl (C=O) groups excluding carboxylic acids is 1. The molecule has 0 unspecified atom stereocenters. The van der Waals surface area contributed by atoms with E-state index in [9.17, 15) is 9.90 Å². The van der Waals surface area contributed by atoms with Gasteiger partial charge in [-0.05, 0) is 69.4 Å². The number of hydrogen-bond donors (Lipinski definition) is 2. The predicted octanol–water partition coefficient (Wildman–Crippen LogP) is 6.18. The molecule has 0 bridgehead atoms. The average molecular weight is 448 g/mol. The van der Waals surface area contributed by atoms with Crippen molar-refractivity contribution < 1.29 is 9.90 Å². The molecule has 6 heteroatoms. The molecule has 0 atom stereocenters. The molecule has 3 aromatic rings. The Morgan fingerprint density at radius 2 is 1.88 bits per heavy atom.